The molecule has 3 N–H and O–H groups in total. The van der Waals surface area contributed by atoms with Gasteiger partial charge < -0.3 is 15.8 Å². The van der Waals surface area contributed by atoms with Gasteiger partial charge in [-0.1, -0.05) is 18.2 Å². The number of terminal acetylenes is 1. The summed E-state index contributed by atoms with van der Waals surface area (Å²) in [5, 5.41) is 2.84. The second-order valence-electron chi connectivity index (χ2n) is 3.92. The van der Waals surface area contributed by atoms with Crippen LogP contribution in [-0.4, -0.2) is 18.6 Å². The van der Waals surface area contributed by atoms with Gasteiger partial charge in [-0.25, -0.2) is 0 Å². The molecule has 4 heteroatoms. The molecule has 0 aliphatic carbocycles. The molecular weight excluding hydrogens is 216 g/mol. The first-order chi connectivity index (χ1) is 8.22. The number of para-hydroxylation sites is 1. The van der Waals surface area contributed by atoms with Crippen LogP contribution in [0.5, 0.6) is 5.75 Å². The largest absolute Gasteiger partial charge is 0.491 e. The van der Waals surface area contributed by atoms with E-state index in [9.17, 15) is 4.79 Å². The van der Waals surface area contributed by atoms with E-state index in [1.807, 2.05) is 24.3 Å². The Hall–Kier alpha value is -1.99. The van der Waals surface area contributed by atoms with Crippen molar-refractivity contribution < 1.29 is 9.53 Å². The molecule has 2 rings (SSSR count). The molecule has 0 aromatic heterocycles. The second-order valence-corrected chi connectivity index (χ2v) is 3.92. The Morgan fingerprint density at radius 3 is 3.18 bits per heavy atom. The first-order valence-corrected chi connectivity index (χ1v) is 5.43. The normalized spacial score (nSPS) is 18.7. The van der Waals surface area contributed by atoms with E-state index in [4.69, 9.17) is 16.9 Å². The lowest BCUT2D eigenvalue weighted by Gasteiger charge is -2.14. The zero-order valence-electron chi connectivity index (χ0n) is 9.35. The third kappa shape index (κ3) is 2.40. The second kappa shape index (κ2) is 4.89. The molecule has 1 aliphatic rings. The third-order valence-corrected chi connectivity index (χ3v) is 2.69. The van der Waals surface area contributed by atoms with E-state index in [1.165, 1.54) is 0 Å². The molecule has 0 bridgehead atoms. The molecule has 0 spiro atoms. The van der Waals surface area contributed by atoms with E-state index < -0.39 is 6.04 Å². The van der Waals surface area contributed by atoms with Gasteiger partial charge in [-0.3, -0.25) is 4.79 Å². The lowest BCUT2D eigenvalue weighted by Crippen LogP contribution is -2.42. The SMILES string of the molecule is C#CCC(N)C(=O)NC1COc2ccccc21. The van der Waals surface area contributed by atoms with E-state index in [-0.39, 0.29) is 18.4 Å². The smallest absolute Gasteiger partial charge is 0.238 e. The van der Waals surface area contributed by atoms with Crippen LogP contribution >= 0.6 is 0 Å². The van der Waals surface area contributed by atoms with Gasteiger partial charge in [0.1, 0.15) is 12.4 Å². The van der Waals surface area contributed by atoms with E-state index in [1.54, 1.807) is 0 Å². The fourth-order valence-electron chi connectivity index (χ4n) is 1.78. The molecular formula is C13H14N2O2. The Kier molecular flexibility index (Phi) is 3.31. The highest BCUT2D eigenvalue weighted by Crippen LogP contribution is 2.31. The van der Waals surface area contributed by atoms with Gasteiger partial charge in [0.05, 0.1) is 12.1 Å². The van der Waals surface area contributed by atoms with Crippen LogP contribution < -0.4 is 15.8 Å². The highest BCUT2D eigenvalue weighted by atomic mass is 16.5. The van der Waals surface area contributed by atoms with Crippen molar-refractivity contribution in [3.63, 3.8) is 0 Å². The van der Waals surface area contributed by atoms with Crippen LogP contribution in [0.4, 0.5) is 0 Å². The summed E-state index contributed by atoms with van der Waals surface area (Å²) in [5.74, 6) is 2.94. The van der Waals surface area contributed by atoms with Gasteiger partial charge in [0.25, 0.3) is 0 Å². The summed E-state index contributed by atoms with van der Waals surface area (Å²) in [6.45, 7) is 0.438. The first kappa shape index (κ1) is 11.5. The Morgan fingerprint density at radius 2 is 2.41 bits per heavy atom. The predicted molar refractivity (Wildman–Crippen MR) is 64.2 cm³/mol. The van der Waals surface area contributed by atoms with E-state index in [0.717, 1.165) is 11.3 Å². The number of hydrogen-bond acceptors (Lipinski definition) is 3. The zero-order valence-corrected chi connectivity index (χ0v) is 9.35. The van der Waals surface area contributed by atoms with Crippen LogP contribution in [0.25, 0.3) is 0 Å². The average Bonchev–Trinajstić information content (AvgIpc) is 2.73. The maximum absolute atomic E-state index is 11.7. The van der Waals surface area contributed by atoms with Gasteiger partial charge in [-0.2, -0.15) is 0 Å². The zero-order chi connectivity index (χ0) is 12.3. The number of nitrogens with one attached hydrogen (secondary N) is 1. The molecule has 1 aliphatic heterocycles. The maximum Gasteiger partial charge on any atom is 0.238 e. The molecule has 2 unspecified atom stereocenters. The van der Waals surface area contributed by atoms with Crippen molar-refractivity contribution in [3.8, 4) is 18.1 Å². The third-order valence-electron chi connectivity index (χ3n) is 2.69. The lowest BCUT2D eigenvalue weighted by atomic mass is 10.1. The molecule has 0 fully saturated rings. The van der Waals surface area contributed by atoms with Gasteiger partial charge >= 0.3 is 0 Å². The number of rotatable bonds is 3. The molecule has 0 saturated heterocycles. The number of benzene rings is 1. The fraction of sp³-hybridized carbons (Fsp3) is 0.308. The number of carbonyl (C=O) groups is 1. The predicted octanol–water partition coefficient (Wildman–Crippen LogP) is 0.587. The Balaban J connectivity index is 2.03. The highest BCUT2D eigenvalue weighted by molar-refractivity contribution is 5.82. The quantitative estimate of drug-likeness (QED) is 0.747. The molecule has 1 amide bonds. The Labute approximate surface area is 100 Å². The summed E-state index contributed by atoms with van der Waals surface area (Å²) in [6.07, 6.45) is 5.35. The average molecular weight is 230 g/mol. The van der Waals surface area contributed by atoms with Gasteiger partial charge in [0.15, 0.2) is 0 Å². The molecule has 1 heterocycles. The van der Waals surface area contributed by atoms with Gasteiger partial charge in [0, 0.05) is 12.0 Å². The number of hydrogen-bond donors (Lipinski definition) is 2. The molecule has 1 aromatic rings. The minimum atomic E-state index is -0.659. The van der Waals surface area contributed by atoms with Crippen molar-refractivity contribution in [2.45, 2.75) is 18.5 Å². The number of fused-ring (bicyclic) bond motifs is 1. The van der Waals surface area contributed by atoms with E-state index >= 15 is 0 Å². The highest BCUT2D eigenvalue weighted by Gasteiger charge is 2.26. The van der Waals surface area contributed by atoms with Crippen molar-refractivity contribution in [1.29, 1.82) is 0 Å². The van der Waals surface area contributed by atoms with Crippen LogP contribution in [0.3, 0.4) is 0 Å². The standard InChI is InChI=1S/C13H14N2O2/c1-2-5-10(14)13(16)15-11-8-17-12-7-4-3-6-9(11)12/h1,3-4,6-7,10-11H,5,8,14H2,(H,15,16). The number of ether oxygens (including phenoxy) is 1. The van der Waals surface area contributed by atoms with Crippen molar-refractivity contribution in [2.24, 2.45) is 5.73 Å². The van der Waals surface area contributed by atoms with Crippen LogP contribution in [0.15, 0.2) is 24.3 Å². The summed E-state index contributed by atoms with van der Waals surface area (Å²) in [4.78, 5) is 11.7. The molecule has 1 aromatic carbocycles. The minimum absolute atomic E-state index is 0.137. The fourth-order valence-corrected chi connectivity index (χ4v) is 1.78. The van der Waals surface area contributed by atoms with Gasteiger partial charge in [-0.05, 0) is 6.07 Å². The summed E-state index contributed by atoms with van der Waals surface area (Å²) in [5.41, 5.74) is 6.61. The van der Waals surface area contributed by atoms with Crippen molar-refractivity contribution in [3.05, 3.63) is 29.8 Å². The first-order valence-electron chi connectivity index (χ1n) is 5.43. The Morgan fingerprint density at radius 1 is 1.65 bits per heavy atom. The number of amides is 1. The van der Waals surface area contributed by atoms with Crippen LogP contribution in [0.2, 0.25) is 0 Å². The molecule has 0 saturated carbocycles. The van der Waals surface area contributed by atoms with Gasteiger partial charge in [-0.15, -0.1) is 12.3 Å². The molecule has 2 atom stereocenters. The summed E-state index contributed by atoms with van der Waals surface area (Å²) >= 11 is 0. The van der Waals surface area contributed by atoms with E-state index in [2.05, 4.69) is 11.2 Å². The summed E-state index contributed by atoms with van der Waals surface area (Å²) < 4.78 is 5.46. The maximum atomic E-state index is 11.7. The molecule has 4 nitrogen and oxygen atoms in total. The topological polar surface area (TPSA) is 64.4 Å². The van der Waals surface area contributed by atoms with Gasteiger partial charge in [0.2, 0.25) is 5.91 Å². The molecule has 0 radical (unpaired) electrons. The summed E-state index contributed by atoms with van der Waals surface area (Å²) in [7, 11) is 0. The van der Waals surface area contributed by atoms with Crippen LogP contribution in [-0.2, 0) is 4.79 Å². The lowest BCUT2D eigenvalue weighted by molar-refractivity contribution is -0.123. The van der Waals surface area contributed by atoms with E-state index in [0.29, 0.717) is 6.61 Å². The van der Waals surface area contributed by atoms with Crippen molar-refractivity contribution in [2.75, 3.05) is 6.61 Å². The number of carbonyl (C=O) groups excluding carboxylic acids is 1. The Bertz CT molecular complexity index is 465. The van der Waals surface area contributed by atoms with Crippen molar-refractivity contribution in [1.82, 2.24) is 5.32 Å². The van der Waals surface area contributed by atoms with Crippen LogP contribution in [0, 0.1) is 12.3 Å². The summed E-state index contributed by atoms with van der Waals surface area (Å²) in [6, 6.07) is 6.82. The molecule has 17 heavy (non-hydrogen) atoms. The van der Waals surface area contributed by atoms with Crippen LogP contribution in [0.1, 0.15) is 18.0 Å². The van der Waals surface area contributed by atoms with Crippen molar-refractivity contribution >= 4 is 5.91 Å². The number of nitrogens with two attached hydrogens (primary N) is 1. The minimum Gasteiger partial charge on any atom is -0.491 e. The molecule has 88 valence electrons. The monoisotopic (exact) mass is 230 g/mol.